The van der Waals surface area contributed by atoms with Crippen molar-refractivity contribution in [2.45, 2.75) is 0 Å². The largest absolute Gasteiger partial charge is 2.00 e. The summed E-state index contributed by atoms with van der Waals surface area (Å²) < 4.78 is 24.6. The fraction of sp³-hybridized carbons (Fsp3) is 0. The molecule has 0 amide bonds. The van der Waals surface area contributed by atoms with Crippen molar-refractivity contribution in [2.75, 3.05) is 0 Å². The van der Waals surface area contributed by atoms with Crippen molar-refractivity contribution < 1.29 is 11.6 Å². The van der Waals surface area contributed by atoms with Gasteiger partial charge >= 0.3 is 23.1 Å². The molecule has 0 radical (unpaired) electrons. The first-order valence-electron chi connectivity index (χ1n) is 2.30. The second-order valence-corrected chi connectivity index (χ2v) is 2.41. The summed E-state index contributed by atoms with van der Waals surface area (Å²) >= 11 is 2.83. The zero-order valence-electron chi connectivity index (χ0n) is 7.07. The van der Waals surface area contributed by atoms with Crippen LogP contribution in [0.2, 0.25) is 0 Å². The molecule has 0 atom stereocenters. The molecule has 0 spiro atoms. The van der Waals surface area contributed by atoms with Crippen LogP contribution in [0.25, 0.3) is 0 Å². The first-order chi connectivity index (χ1) is 4.20. The van der Waals surface area contributed by atoms with Crippen LogP contribution in [-0.2, 0) is 0 Å². The van der Waals surface area contributed by atoms with E-state index in [1.165, 1.54) is 0 Å². The number of rotatable bonds is 0. The van der Waals surface area contributed by atoms with Gasteiger partial charge in [-0.05, 0) is 34.1 Å². The van der Waals surface area contributed by atoms with E-state index in [4.69, 9.17) is 0 Å². The van der Waals surface area contributed by atoms with Crippen LogP contribution in [0, 0.1) is 11.6 Å². The Hall–Kier alpha value is 0.326. The topological polar surface area (TPSA) is 0 Å². The molecule has 4 heteroatoms. The zero-order valence-corrected chi connectivity index (χ0v) is 8.07. The molecule has 0 N–H and O–H groups in total. The maximum absolute atomic E-state index is 12.3. The Bertz CT molecular complexity index is 235. The number of hydrogen-bond donors (Lipinski definition) is 0. The number of halogens is 3. The van der Waals surface area contributed by atoms with E-state index in [-0.39, 0.29) is 30.4 Å². The molecule has 0 unspecified atom stereocenters. The number of hydrogen-bond acceptors (Lipinski definition) is 0. The molecule has 0 saturated carbocycles. The van der Waals surface area contributed by atoms with Crippen LogP contribution in [0.1, 0.15) is 2.85 Å². The normalized spacial score (nSPS) is 8.70. The van der Waals surface area contributed by atoms with Gasteiger partial charge in [0, 0.05) is 0 Å². The quantitative estimate of drug-likeness (QED) is 0.465. The van der Waals surface area contributed by atoms with Crippen molar-refractivity contribution in [3.8, 4) is 0 Å². The van der Waals surface area contributed by atoms with Gasteiger partial charge in [0.05, 0.1) is 4.47 Å². The van der Waals surface area contributed by atoms with E-state index in [2.05, 4.69) is 15.9 Å². The summed E-state index contributed by atoms with van der Waals surface area (Å²) in [6.07, 6.45) is 0. The van der Waals surface area contributed by atoms with Gasteiger partial charge in [-0.15, -0.1) is 0 Å². The van der Waals surface area contributed by atoms with E-state index in [1.54, 1.807) is 0 Å². The monoisotopic (exact) mass is 218 g/mol. The van der Waals surface area contributed by atoms with Crippen LogP contribution in [0.3, 0.4) is 0 Å². The molecule has 0 aliphatic heterocycles. The van der Waals surface area contributed by atoms with Crippen LogP contribution in [-0.4, -0.2) is 23.1 Å². The standard InChI is InChI=1S/C6H3BrF2.Mg.2H/c7-5-3-4(8)1-2-6(5)9;;;/h1-3H;;;/q;+2;2*-1. The van der Waals surface area contributed by atoms with Crippen molar-refractivity contribution in [1.29, 1.82) is 0 Å². The summed E-state index contributed by atoms with van der Waals surface area (Å²) in [5, 5.41) is 0. The Morgan fingerprint density at radius 1 is 1.30 bits per heavy atom. The second-order valence-electron chi connectivity index (χ2n) is 1.56. The molecule has 52 valence electrons. The molecule has 0 nitrogen and oxygen atoms in total. The van der Waals surface area contributed by atoms with Crippen LogP contribution in [0.4, 0.5) is 8.78 Å². The minimum Gasteiger partial charge on any atom is -1.00 e. The Morgan fingerprint density at radius 3 is 2.30 bits per heavy atom. The molecule has 0 aromatic heterocycles. The van der Waals surface area contributed by atoms with E-state index in [0.717, 1.165) is 18.2 Å². The summed E-state index contributed by atoms with van der Waals surface area (Å²) in [6, 6.07) is 3.22. The van der Waals surface area contributed by atoms with Crippen molar-refractivity contribution >= 4 is 39.0 Å². The van der Waals surface area contributed by atoms with Gasteiger partial charge in [0.25, 0.3) is 0 Å². The second kappa shape index (κ2) is 4.26. The average molecular weight is 219 g/mol. The first-order valence-corrected chi connectivity index (χ1v) is 3.10. The fourth-order valence-electron chi connectivity index (χ4n) is 0.470. The van der Waals surface area contributed by atoms with E-state index in [9.17, 15) is 8.78 Å². The molecule has 1 aromatic rings. The van der Waals surface area contributed by atoms with Crippen LogP contribution < -0.4 is 0 Å². The third-order valence-electron chi connectivity index (χ3n) is 0.882. The summed E-state index contributed by atoms with van der Waals surface area (Å²) in [4.78, 5) is 0. The predicted molar refractivity (Wildman–Crippen MR) is 42.0 cm³/mol. The van der Waals surface area contributed by atoms with Gasteiger partial charge in [-0.2, -0.15) is 0 Å². The molecule has 0 heterocycles. The molecule has 0 bridgehead atoms. The Balaban J connectivity index is -0.000000270. The van der Waals surface area contributed by atoms with E-state index < -0.39 is 11.6 Å². The summed E-state index contributed by atoms with van der Waals surface area (Å²) in [5.41, 5.74) is 0. The third-order valence-corrected chi connectivity index (χ3v) is 1.49. The SMILES string of the molecule is Fc1ccc(F)c(Br)c1.[H-].[H-].[Mg+2]. The zero-order chi connectivity index (χ0) is 6.85. The maximum atomic E-state index is 12.3. The maximum Gasteiger partial charge on any atom is 2.00 e. The predicted octanol–water partition coefficient (Wildman–Crippen LogP) is 2.57. The van der Waals surface area contributed by atoms with Gasteiger partial charge in [-0.1, -0.05) is 0 Å². The molecule has 1 rings (SSSR count). The molecule has 0 fully saturated rings. The molecule has 0 saturated heterocycles. The van der Waals surface area contributed by atoms with Crippen LogP contribution in [0.5, 0.6) is 0 Å². The molecule has 0 aliphatic carbocycles. The number of benzene rings is 1. The van der Waals surface area contributed by atoms with Crippen molar-refractivity contribution in [3.63, 3.8) is 0 Å². The molecular weight excluding hydrogens is 214 g/mol. The minimum atomic E-state index is -0.448. The third kappa shape index (κ3) is 2.52. The summed E-state index contributed by atoms with van der Waals surface area (Å²) in [6.45, 7) is 0. The van der Waals surface area contributed by atoms with Crippen LogP contribution in [0.15, 0.2) is 22.7 Å². The smallest absolute Gasteiger partial charge is 1.00 e. The minimum absolute atomic E-state index is 0. The Morgan fingerprint density at radius 2 is 1.90 bits per heavy atom. The molecule has 0 aliphatic rings. The molecule has 1 aromatic carbocycles. The summed E-state index contributed by atoms with van der Waals surface area (Å²) in [5.74, 6) is -0.889. The van der Waals surface area contributed by atoms with Crippen molar-refractivity contribution in [2.24, 2.45) is 0 Å². The van der Waals surface area contributed by atoms with E-state index in [0.29, 0.717) is 0 Å². The van der Waals surface area contributed by atoms with Gasteiger partial charge in [-0.3, -0.25) is 0 Å². The average Bonchev–Trinajstić information content (AvgIpc) is 1.80. The van der Waals surface area contributed by atoms with Crippen molar-refractivity contribution in [1.82, 2.24) is 0 Å². The van der Waals surface area contributed by atoms with Gasteiger partial charge in [0.15, 0.2) is 0 Å². The Kier molecular flexibility index (Phi) is 4.39. The summed E-state index contributed by atoms with van der Waals surface area (Å²) in [7, 11) is 0. The molecule has 10 heavy (non-hydrogen) atoms. The molecular formula is C6H5BrF2Mg. The van der Waals surface area contributed by atoms with Gasteiger partial charge in [-0.25, -0.2) is 8.78 Å². The van der Waals surface area contributed by atoms with Crippen molar-refractivity contribution in [3.05, 3.63) is 34.3 Å². The Labute approximate surface area is 84.9 Å². The first kappa shape index (κ1) is 10.3. The van der Waals surface area contributed by atoms with Gasteiger partial charge in [0.2, 0.25) is 0 Å². The fourth-order valence-corrected chi connectivity index (χ4v) is 0.821. The van der Waals surface area contributed by atoms with E-state index >= 15 is 0 Å². The van der Waals surface area contributed by atoms with E-state index in [1.807, 2.05) is 0 Å². The van der Waals surface area contributed by atoms with Gasteiger partial charge in [0.1, 0.15) is 11.6 Å². The van der Waals surface area contributed by atoms with Crippen LogP contribution >= 0.6 is 15.9 Å². The van der Waals surface area contributed by atoms with Gasteiger partial charge < -0.3 is 2.85 Å².